The number of hydrogen-bond acceptors (Lipinski definition) is 4. The first-order valence-corrected chi connectivity index (χ1v) is 9.06. The van der Waals surface area contributed by atoms with Gasteiger partial charge < -0.3 is 9.42 Å². The van der Waals surface area contributed by atoms with Crippen LogP contribution >= 0.6 is 11.8 Å². The van der Waals surface area contributed by atoms with Crippen molar-refractivity contribution in [2.24, 2.45) is 0 Å². The molecule has 122 valence electrons. The number of nitrogens with zero attached hydrogens (tertiary/aromatic N) is 2. The molecule has 1 aliphatic heterocycles. The number of thioether (sulfide) groups is 1. The van der Waals surface area contributed by atoms with Gasteiger partial charge in [-0.2, -0.15) is 11.8 Å². The van der Waals surface area contributed by atoms with Crippen molar-refractivity contribution in [2.75, 3.05) is 18.8 Å². The highest BCUT2D eigenvalue weighted by molar-refractivity contribution is 7.99. The molecule has 1 aromatic carbocycles. The summed E-state index contributed by atoms with van der Waals surface area (Å²) in [5.41, 5.74) is 3.12. The summed E-state index contributed by atoms with van der Waals surface area (Å²) in [6.45, 7) is 5.39. The van der Waals surface area contributed by atoms with Gasteiger partial charge in [0.2, 0.25) is 5.91 Å². The molecule has 1 aromatic heterocycles. The number of aryl methyl sites for hydroxylation is 2. The van der Waals surface area contributed by atoms with Crippen LogP contribution in [0.2, 0.25) is 0 Å². The molecule has 0 radical (unpaired) electrons. The van der Waals surface area contributed by atoms with Crippen molar-refractivity contribution in [1.29, 1.82) is 0 Å². The van der Waals surface area contributed by atoms with Crippen LogP contribution in [-0.2, 0) is 11.2 Å². The first-order valence-electron chi connectivity index (χ1n) is 8.01. The van der Waals surface area contributed by atoms with E-state index in [0.29, 0.717) is 11.7 Å². The lowest BCUT2D eigenvalue weighted by Crippen LogP contribution is -2.34. The van der Waals surface area contributed by atoms with E-state index in [1.54, 1.807) is 0 Å². The maximum Gasteiger partial charge on any atom is 0.227 e. The van der Waals surface area contributed by atoms with Gasteiger partial charge in [0, 0.05) is 29.7 Å². The molecule has 1 unspecified atom stereocenters. The lowest BCUT2D eigenvalue weighted by molar-refractivity contribution is -0.130. The van der Waals surface area contributed by atoms with E-state index in [9.17, 15) is 4.79 Å². The molecule has 0 N–H and O–H groups in total. The maximum atomic E-state index is 12.6. The number of benzene rings is 1. The Morgan fingerprint density at radius 1 is 1.30 bits per heavy atom. The summed E-state index contributed by atoms with van der Waals surface area (Å²) in [4.78, 5) is 14.6. The van der Waals surface area contributed by atoms with Gasteiger partial charge in [-0.05, 0) is 25.8 Å². The zero-order valence-electron chi connectivity index (χ0n) is 13.6. The lowest BCUT2D eigenvalue weighted by Gasteiger charge is -2.20. The lowest BCUT2D eigenvalue weighted by atomic mass is 10.1. The van der Waals surface area contributed by atoms with E-state index in [0.717, 1.165) is 42.3 Å². The van der Waals surface area contributed by atoms with Crippen LogP contribution in [0.1, 0.15) is 34.3 Å². The fourth-order valence-electron chi connectivity index (χ4n) is 2.97. The van der Waals surface area contributed by atoms with Crippen LogP contribution < -0.4 is 0 Å². The van der Waals surface area contributed by atoms with E-state index in [-0.39, 0.29) is 5.91 Å². The third-order valence-corrected chi connectivity index (χ3v) is 5.70. The first kappa shape index (κ1) is 16.1. The molecule has 0 aliphatic carbocycles. The van der Waals surface area contributed by atoms with Crippen molar-refractivity contribution in [3.05, 3.63) is 52.9 Å². The van der Waals surface area contributed by atoms with E-state index in [4.69, 9.17) is 4.52 Å². The van der Waals surface area contributed by atoms with Gasteiger partial charge in [-0.25, -0.2) is 0 Å². The standard InChI is InChI=1S/C18H22N2O2S/c1-13-16(14(2)22-19-13)12-18(21)20-9-8-17(23-11-10-20)15-6-4-3-5-7-15/h3-7,17H,8-12H2,1-2H3. The van der Waals surface area contributed by atoms with E-state index in [2.05, 4.69) is 29.4 Å². The van der Waals surface area contributed by atoms with Gasteiger partial charge >= 0.3 is 0 Å². The zero-order chi connectivity index (χ0) is 16.2. The van der Waals surface area contributed by atoms with Crippen LogP contribution in [0.25, 0.3) is 0 Å². The third kappa shape index (κ3) is 3.78. The molecule has 2 aromatic rings. The number of rotatable bonds is 3. The van der Waals surface area contributed by atoms with Crippen LogP contribution in [-0.4, -0.2) is 34.8 Å². The SMILES string of the molecule is Cc1noc(C)c1CC(=O)N1CCSC(c2ccccc2)CC1. The quantitative estimate of drug-likeness (QED) is 0.863. The molecular weight excluding hydrogens is 308 g/mol. The van der Waals surface area contributed by atoms with Crippen molar-refractivity contribution in [3.63, 3.8) is 0 Å². The summed E-state index contributed by atoms with van der Waals surface area (Å²) < 4.78 is 5.16. The largest absolute Gasteiger partial charge is 0.361 e. The summed E-state index contributed by atoms with van der Waals surface area (Å²) >= 11 is 1.95. The highest BCUT2D eigenvalue weighted by Crippen LogP contribution is 2.34. The minimum absolute atomic E-state index is 0.175. The number of hydrogen-bond donors (Lipinski definition) is 0. The third-order valence-electron chi connectivity index (χ3n) is 4.37. The molecule has 0 spiro atoms. The second-order valence-corrected chi connectivity index (χ2v) is 7.23. The normalized spacial score (nSPS) is 18.7. The predicted octanol–water partition coefficient (Wildman–Crippen LogP) is 3.54. The smallest absolute Gasteiger partial charge is 0.227 e. The highest BCUT2D eigenvalue weighted by Gasteiger charge is 2.23. The van der Waals surface area contributed by atoms with Gasteiger partial charge in [0.15, 0.2) is 0 Å². The van der Waals surface area contributed by atoms with Gasteiger partial charge in [0.25, 0.3) is 0 Å². The fourth-order valence-corrected chi connectivity index (χ4v) is 4.20. The van der Waals surface area contributed by atoms with Crippen molar-refractivity contribution >= 4 is 17.7 Å². The molecule has 1 fully saturated rings. The van der Waals surface area contributed by atoms with Crippen LogP contribution in [0.3, 0.4) is 0 Å². The minimum atomic E-state index is 0.175. The monoisotopic (exact) mass is 330 g/mol. The van der Waals surface area contributed by atoms with Crippen molar-refractivity contribution in [1.82, 2.24) is 10.1 Å². The molecular formula is C18H22N2O2S. The second-order valence-electron chi connectivity index (χ2n) is 5.92. The number of carbonyl (C=O) groups excluding carboxylic acids is 1. The number of carbonyl (C=O) groups is 1. The molecule has 0 saturated carbocycles. The summed E-state index contributed by atoms with van der Waals surface area (Å²) in [5.74, 6) is 1.91. The Morgan fingerprint density at radius 3 is 2.78 bits per heavy atom. The van der Waals surface area contributed by atoms with Crippen molar-refractivity contribution in [2.45, 2.75) is 31.9 Å². The molecule has 0 bridgehead atoms. The Bertz CT molecular complexity index is 649. The molecule has 1 amide bonds. The molecule has 5 heteroatoms. The van der Waals surface area contributed by atoms with Gasteiger partial charge in [0.1, 0.15) is 5.76 Å². The summed E-state index contributed by atoms with van der Waals surface area (Å²) in [5, 5.41) is 4.41. The van der Waals surface area contributed by atoms with Crippen molar-refractivity contribution < 1.29 is 9.32 Å². The summed E-state index contributed by atoms with van der Waals surface area (Å²) in [6, 6.07) is 10.6. The fraction of sp³-hybridized carbons (Fsp3) is 0.444. The minimum Gasteiger partial charge on any atom is -0.361 e. The average Bonchev–Trinajstić information content (AvgIpc) is 2.79. The van der Waals surface area contributed by atoms with Crippen LogP contribution in [0.5, 0.6) is 0 Å². The number of aromatic nitrogens is 1. The molecule has 1 aliphatic rings. The Balaban J connectivity index is 1.63. The van der Waals surface area contributed by atoms with E-state index in [1.165, 1.54) is 5.56 Å². The summed E-state index contributed by atoms with van der Waals surface area (Å²) in [7, 11) is 0. The molecule has 3 rings (SSSR count). The van der Waals surface area contributed by atoms with E-state index >= 15 is 0 Å². The summed E-state index contributed by atoms with van der Waals surface area (Å²) in [6.07, 6.45) is 1.39. The van der Waals surface area contributed by atoms with Crippen LogP contribution in [0.4, 0.5) is 0 Å². The Morgan fingerprint density at radius 2 is 2.09 bits per heavy atom. The van der Waals surface area contributed by atoms with Crippen molar-refractivity contribution in [3.8, 4) is 0 Å². The predicted molar refractivity (Wildman–Crippen MR) is 92.5 cm³/mol. The Labute approximate surface area is 141 Å². The maximum absolute atomic E-state index is 12.6. The van der Waals surface area contributed by atoms with Crippen LogP contribution in [0, 0.1) is 13.8 Å². The molecule has 2 heterocycles. The Kier molecular flexibility index (Phi) is 5.06. The van der Waals surface area contributed by atoms with Gasteiger partial charge in [-0.3, -0.25) is 4.79 Å². The van der Waals surface area contributed by atoms with E-state index < -0.39 is 0 Å². The molecule has 1 saturated heterocycles. The Hall–Kier alpha value is -1.75. The molecule has 4 nitrogen and oxygen atoms in total. The topological polar surface area (TPSA) is 46.3 Å². The second kappa shape index (κ2) is 7.21. The zero-order valence-corrected chi connectivity index (χ0v) is 14.4. The van der Waals surface area contributed by atoms with E-state index in [1.807, 2.05) is 36.6 Å². The first-order chi connectivity index (χ1) is 11.1. The van der Waals surface area contributed by atoms with Crippen LogP contribution in [0.15, 0.2) is 34.9 Å². The average molecular weight is 330 g/mol. The highest BCUT2D eigenvalue weighted by atomic mass is 32.2. The number of amides is 1. The molecule has 1 atom stereocenters. The van der Waals surface area contributed by atoms with Gasteiger partial charge in [-0.15, -0.1) is 0 Å². The van der Waals surface area contributed by atoms with Gasteiger partial charge in [-0.1, -0.05) is 35.5 Å². The van der Waals surface area contributed by atoms with Gasteiger partial charge in [0.05, 0.1) is 12.1 Å². The molecule has 23 heavy (non-hydrogen) atoms.